The lowest BCUT2D eigenvalue weighted by Crippen LogP contribution is -2.33. The fourth-order valence-electron chi connectivity index (χ4n) is 1.61. The molecule has 0 aromatic heterocycles. The van der Waals surface area contributed by atoms with Crippen LogP contribution in [0.15, 0.2) is 23.1 Å². The van der Waals surface area contributed by atoms with E-state index in [0.29, 0.717) is 17.0 Å². The molecular formula is C12H16ClNO4S. The van der Waals surface area contributed by atoms with Crippen molar-refractivity contribution in [1.82, 2.24) is 4.72 Å². The Labute approximate surface area is 117 Å². The first-order chi connectivity index (χ1) is 8.77. The first-order valence-corrected chi connectivity index (χ1v) is 7.62. The van der Waals surface area contributed by atoms with Crippen LogP contribution in [0.25, 0.3) is 0 Å². The zero-order chi connectivity index (χ0) is 14.6. The van der Waals surface area contributed by atoms with Crippen LogP contribution in [0.3, 0.4) is 0 Å². The van der Waals surface area contributed by atoms with Gasteiger partial charge in [0.25, 0.3) is 0 Å². The van der Waals surface area contributed by atoms with Gasteiger partial charge in [-0.25, -0.2) is 13.1 Å². The standard InChI is InChI=1S/C12H16ClNO4S/c1-3-9(12(15)16)7-14-19(17,18)11-5-4-10(13)6-8(11)2/h4-6,9,14H,3,7H2,1-2H3,(H,15,16). The van der Waals surface area contributed by atoms with Crippen molar-refractivity contribution >= 4 is 27.6 Å². The maximum atomic E-state index is 12.1. The molecule has 0 heterocycles. The van der Waals surface area contributed by atoms with Gasteiger partial charge in [0.1, 0.15) is 0 Å². The fourth-order valence-corrected chi connectivity index (χ4v) is 3.14. The number of rotatable bonds is 6. The third-order valence-corrected chi connectivity index (χ3v) is 4.61. The van der Waals surface area contributed by atoms with Crippen LogP contribution in [-0.4, -0.2) is 26.0 Å². The van der Waals surface area contributed by atoms with Crippen molar-refractivity contribution in [2.45, 2.75) is 25.2 Å². The van der Waals surface area contributed by atoms with Crippen molar-refractivity contribution < 1.29 is 18.3 Å². The van der Waals surface area contributed by atoms with Gasteiger partial charge in [-0.15, -0.1) is 0 Å². The monoisotopic (exact) mass is 305 g/mol. The molecule has 0 saturated carbocycles. The highest BCUT2D eigenvalue weighted by Gasteiger charge is 2.21. The third kappa shape index (κ3) is 4.19. The molecule has 0 radical (unpaired) electrons. The average Bonchev–Trinajstić information content (AvgIpc) is 2.28. The van der Waals surface area contributed by atoms with Crippen LogP contribution in [0, 0.1) is 12.8 Å². The molecular weight excluding hydrogens is 290 g/mol. The largest absolute Gasteiger partial charge is 0.481 e. The van der Waals surface area contributed by atoms with E-state index >= 15 is 0 Å². The lowest BCUT2D eigenvalue weighted by molar-refractivity contribution is -0.141. The Morgan fingerprint density at radius 1 is 1.47 bits per heavy atom. The lowest BCUT2D eigenvalue weighted by Gasteiger charge is -2.13. The molecule has 0 aliphatic heterocycles. The van der Waals surface area contributed by atoms with E-state index in [1.807, 2.05) is 0 Å². The molecule has 2 N–H and O–H groups in total. The number of carboxylic acids is 1. The van der Waals surface area contributed by atoms with Gasteiger partial charge in [0.2, 0.25) is 10.0 Å². The number of nitrogens with one attached hydrogen (secondary N) is 1. The Bertz CT molecular complexity index is 571. The van der Waals surface area contributed by atoms with Crippen LogP contribution in [0.4, 0.5) is 0 Å². The van der Waals surface area contributed by atoms with E-state index in [4.69, 9.17) is 16.7 Å². The van der Waals surface area contributed by atoms with Crippen molar-refractivity contribution in [2.24, 2.45) is 5.92 Å². The van der Waals surface area contributed by atoms with E-state index in [1.165, 1.54) is 12.1 Å². The van der Waals surface area contributed by atoms with Crippen molar-refractivity contribution in [3.63, 3.8) is 0 Å². The molecule has 0 saturated heterocycles. The Morgan fingerprint density at radius 3 is 2.58 bits per heavy atom. The van der Waals surface area contributed by atoms with Crippen molar-refractivity contribution in [3.8, 4) is 0 Å². The van der Waals surface area contributed by atoms with Crippen molar-refractivity contribution in [2.75, 3.05) is 6.54 Å². The Hall–Kier alpha value is -1.11. The highest BCUT2D eigenvalue weighted by molar-refractivity contribution is 7.89. The number of halogens is 1. The third-order valence-electron chi connectivity index (χ3n) is 2.79. The van der Waals surface area contributed by atoms with Gasteiger partial charge < -0.3 is 5.11 Å². The summed E-state index contributed by atoms with van der Waals surface area (Å²) in [7, 11) is -3.72. The quantitative estimate of drug-likeness (QED) is 0.842. The molecule has 1 aromatic rings. The van der Waals surface area contributed by atoms with Crippen LogP contribution < -0.4 is 4.72 Å². The summed E-state index contributed by atoms with van der Waals surface area (Å²) in [6.07, 6.45) is 0.359. The smallest absolute Gasteiger partial charge is 0.307 e. The van der Waals surface area contributed by atoms with Crippen LogP contribution in [0.2, 0.25) is 5.02 Å². The number of sulfonamides is 1. The minimum atomic E-state index is -3.72. The molecule has 1 rings (SSSR count). The molecule has 5 nitrogen and oxygen atoms in total. The minimum Gasteiger partial charge on any atom is -0.481 e. The molecule has 1 unspecified atom stereocenters. The summed E-state index contributed by atoms with van der Waals surface area (Å²) < 4.78 is 26.4. The van der Waals surface area contributed by atoms with Crippen LogP contribution >= 0.6 is 11.6 Å². The number of hydrogen-bond acceptors (Lipinski definition) is 3. The summed E-state index contributed by atoms with van der Waals surface area (Å²) in [6.45, 7) is 3.20. The van der Waals surface area contributed by atoms with Gasteiger partial charge in [0.05, 0.1) is 10.8 Å². The van der Waals surface area contributed by atoms with Gasteiger partial charge in [-0.3, -0.25) is 4.79 Å². The van der Waals surface area contributed by atoms with Crippen molar-refractivity contribution in [3.05, 3.63) is 28.8 Å². The van der Waals surface area contributed by atoms with Gasteiger partial charge in [-0.05, 0) is 37.1 Å². The summed E-state index contributed by atoms with van der Waals surface area (Å²) in [5, 5.41) is 9.33. The van der Waals surface area contributed by atoms with E-state index in [2.05, 4.69) is 4.72 Å². The molecule has 0 aliphatic carbocycles. The number of benzene rings is 1. The Balaban J connectivity index is 2.90. The summed E-state index contributed by atoms with van der Waals surface area (Å²) in [4.78, 5) is 11.0. The van der Waals surface area contributed by atoms with Gasteiger partial charge in [-0.2, -0.15) is 0 Å². The normalized spacial score (nSPS) is 13.2. The van der Waals surface area contributed by atoms with Gasteiger partial charge in [0.15, 0.2) is 0 Å². The van der Waals surface area contributed by atoms with Gasteiger partial charge in [0, 0.05) is 11.6 Å². The topological polar surface area (TPSA) is 83.5 Å². The minimum absolute atomic E-state index is 0.108. The van der Waals surface area contributed by atoms with Crippen LogP contribution in [0.1, 0.15) is 18.9 Å². The van der Waals surface area contributed by atoms with E-state index < -0.39 is 21.9 Å². The number of carbonyl (C=O) groups is 1. The van der Waals surface area contributed by atoms with Gasteiger partial charge in [-0.1, -0.05) is 18.5 Å². The molecule has 0 bridgehead atoms. The molecule has 0 fully saturated rings. The first-order valence-electron chi connectivity index (χ1n) is 5.76. The zero-order valence-corrected chi connectivity index (χ0v) is 12.3. The predicted octanol–water partition coefficient (Wildman–Crippen LogP) is 2.04. The highest BCUT2D eigenvalue weighted by Crippen LogP contribution is 2.19. The number of carboxylic acid groups (broad SMARTS) is 1. The maximum Gasteiger partial charge on any atom is 0.307 e. The molecule has 106 valence electrons. The van der Waals surface area contributed by atoms with E-state index in [-0.39, 0.29) is 11.4 Å². The SMILES string of the molecule is CCC(CNS(=O)(=O)c1ccc(Cl)cc1C)C(=O)O. The summed E-state index contributed by atoms with van der Waals surface area (Å²) in [5.41, 5.74) is 0.517. The Morgan fingerprint density at radius 2 is 2.11 bits per heavy atom. The van der Waals surface area contributed by atoms with E-state index in [0.717, 1.165) is 0 Å². The lowest BCUT2D eigenvalue weighted by atomic mass is 10.1. The molecule has 0 amide bonds. The maximum absolute atomic E-state index is 12.1. The van der Waals surface area contributed by atoms with Crippen LogP contribution in [-0.2, 0) is 14.8 Å². The summed E-state index contributed by atoms with van der Waals surface area (Å²) in [5.74, 6) is -1.75. The van der Waals surface area contributed by atoms with Crippen molar-refractivity contribution in [1.29, 1.82) is 0 Å². The second-order valence-electron chi connectivity index (χ2n) is 4.21. The highest BCUT2D eigenvalue weighted by atomic mass is 35.5. The summed E-state index contributed by atoms with van der Waals surface area (Å²) in [6, 6.07) is 4.43. The fraction of sp³-hybridized carbons (Fsp3) is 0.417. The molecule has 1 aromatic carbocycles. The number of aryl methyl sites for hydroxylation is 1. The molecule has 7 heteroatoms. The van der Waals surface area contributed by atoms with Gasteiger partial charge >= 0.3 is 5.97 Å². The predicted molar refractivity (Wildman–Crippen MR) is 72.8 cm³/mol. The number of hydrogen-bond donors (Lipinski definition) is 2. The average molecular weight is 306 g/mol. The van der Waals surface area contributed by atoms with E-state index in [9.17, 15) is 13.2 Å². The Kier molecular flexibility index (Phi) is 5.34. The molecule has 19 heavy (non-hydrogen) atoms. The first kappa shape index (κ1) is 15.9. The molecule has 1 atom stereocenters. The second-order valence-corrected chi connectivity index (χ2v) is 6.38. The van der Waals surface area contributed by atoms with E-state index in [1.54, 1.807) is 19.9 Å². The molecule has 0 spiro atoms. The number of aliphatic carboxylic acids is 1. The van der Waals surface area contributed by atoms with Crippen LogP contribution in [0.5, 0.6) is 0 Å². The zero-order valence-electron chi connectivity index (χ0n) is 10.7. The molecule has 0 aliphatic rings. The second kappa shape index (κ2) is 6.36. The summed E-state index contributed by atoms with van der Waals surface area (Å²) >= 11 is 5.77.